The fourth-order valence-corrected chi connectivity index (χ4v) is 5.46. The van der Waals surface area contributed by atoms with Gasteiger partial charge < -0.3 is 4.57 Å². The van der Waals surface area contributed by atoms with Crippen molar-refractivity contribution in [2.75, 3.05) is 0 Å². The van der Waals surface area contributed by atoms with Crippen molar-refractivity contribution in [1.29, 1.82) is 5.26 Å². The van der Waals surface area contributed by atoms with Crippen molar-refractivity contribution < 1.29 is 0 Å². The van der Waals surface area contributed by atoms with E-state index in [1.54, 1.807) is 0 Å². The second kappa shape index (κ2) is 5.94. The largest absolute Gasteiger partial charge is 0.308 e. The smallest absolute Gasteiger partial charge is 0.101 e. The zero-order chi connectivity index (χ0) is 19.5. The van der Waals surface area contributed by atoms with Crippen molar-refractivity contribution in [3.05, 3.63) is 90.0 Å². The van der Waals surface area contributed by atoms with Gasteiger partial charge in [0, 0.05) is 36.6 Å². The number of benzene rings is 4. The van der Waals surface area contributed by atoms with Gasteiger partial charge in [-0.25, -0.2) is 0 Å². The van der Waals surface area contributed by atoms with E-state index < -0.39 is 0 Å². The molecule has 2 heterocycles. The molecule has 0 fully saturated rings. The first kappa shape index (κ1) is 16.4. The highest BCUT2D eigenvalue weighted by Crippen LogP contribution is 2.38. The summed E-state index contributed by atoms with van der Waals surface area (Å²) in [4.78, 5) is 0. The molecule has 0 unspecified atom stereocenters. The van der Waals surface area contributed by atoms with Crippen molar-refractivity contribution in [2.45, 2.75) is 6.92 Å². The second-order valence-electron chi connectivity index (χ2n) is 7.45. The molecule has 6 rings (SSSR count). The summed E-state index contributed by atoms with van der Waals surface area (Å²) in [6.07, 6.45) is 0. The number of para-hydroxylation sites is 2. The van der Waals surface area contributed by atoms with Crippen molar-refractivity contribution in [3.8, 4) is 11.8 Å². The molecule has 0 aliphatic rings. The first-order valence-electron chi connectivity index (χ1n) is 9.60. The van der Waals surface area contributed by atoms with Crippen LogP contribution in [-0.2, 0) is 0 Å². The zero-order valence-electron chi connectivity index (χ0n) is 15.8. The molecule has 136 valence electrons. The minimum atomic E-state index is 0.699. The molecule has 6 aromatic rings. The Morgan fingerprint density at radius 2 is 1.52 bits per heavy atom. The third-order valence-corrected chi connectivity index (χ3v) is 6.83. The summed E-state index contributed by atoms with van der Waals surface area (Å²) < 4.78 is 4.83. The summed E-state index contributed by atoms with van der Waals surface area (Å²) in [5.41, 5.74) is 5.16. The fraction of sp³-hybridized carbons (Fsp3) is 0.0385. The predicted octanol–water partition coefficient (Wildman–Crippen LogP) is 7.33. The van der Waals surface area contributed by atoms with E-state index >= 15 is 0 Å². The number of hydrogen-bond acceptors (Lipinski definition) is 2. The predicted molar refractivity (Wildman–Crippen MR) is 123 cm³/mol. The van der Waals surface area contributed by atoms with Gasteiger partial charge in [0.1, 0.15) is 6.07 Å². The standard InChI is InChI=1S/C26H16N2S/c1-16-9-11-24-21(13-16)22-14-18(10-12-25(22)29-24)28-23-8-3-2-6-19(23)20-7-4-5-17(15-27)26(20)28/h2-14H,1H3. The topological polar surface area (TPSA) is 28.7 Å². The van der Waals surface area contributed by atoms with Gasteiger partial charge in [-0.1, -0.05) is 42.0 Å². The summed E-state index contributed by atoms with van der Waals surface area (Å²) in [5, 5.41) is 14.6. The monoisotopic (exact) mass is 388 g/mol. The molecule has 2 nitrogen and oxygen atoms in total. The van der Waals surface area contributed by atoms with Crippen LogP contribution in [0, 0.1) is 18.3 Å². The van der Waals surface area contributed by atoms with Crippen LogP contribution in [0.15, 0.2) is 78.9 Å². The zero-order valence-corrected chi connectivity index (χ0v) is 16.6. The van der Waals surface area contributed by atoms with Crippen LogP contribution >= 0.6 is 11.3 Å². The molecule has 0 amide bonds. The Bertz CT molecular complexity index is 1630. The molecule has 4 aromatic carbocycles. The number of aryl methyl sites for hydroxylation is 1. The first-order chi connectivity index (χ1) is 14.2. The van der Waals surface area contributed by atoms with E-state index in [-0.39, 0.29) is 0 Å². The Morgan fingerprint density at radius 3 is 2.38 bits per heavy atom. The maximum atomic E-state index is 9.78. The molecular weight excluding hydrogens is 372 g/mol. The van der Waals surface area contributed by atoms with Crippen LogP contribution in [0.4, 0.5) is 0 Å². The number of fused-ring (bicyclic) bond motifs is 6. The van der Waals surface area contributed by atoms with E-state index in [0.29, 0.717) is 5.56 Å². The Labute approximate surface area is 171 Å². The van der Waals surface area contributed by atoms with E-state index in [2.05, 4.69) is 84.3 Å². The van der Waals surface area contributed by atoms with Crippen LogP contribution in [-0.4, -0.2) is 4.57 Å². The fourth-order valence-electron chi connectivity index (χ4n) is 4.40. The maximum absolute atomic E-state index is 9.78. The molecular formula is C26H16N2S. The summed E-state index contributed by atoms with van der Waals surface area (Å²) in [6, 6.07) is 30.1. The number of aromatic nitrogens is 1. The van der Waals surface area contributed by atoms with Gasteiger partial charge in [0.15, 0.2) is 0 Å². The molecule has 3 heteroatoms. The molecule has 0 radical (unpaired) electrons. The van der Waals surface area contributed by atoms with E-state index in [4.69, 9.17) is 0 Å². The Morgan fingerprint density at radius 1 is 0.759 bits per heavy atom. The third kappa shape index (κ3) is 2.27. The number of nitrogens with zero attached hydrogens (tertiary/aromatic N) is 2. The Hall–Kier alpha value is -3.61. The van der Waals surface area contributed by atoms with E-state index in [1.807, 2.05) is 23.5 Å². The van der Waals surface area contributed by atoms with Crippen LogP contribution in [0.5, 0.6) is 0 Å². The lowest BCUT2D eigenvalue weighted by atomic mass is 10.1. The summed E-state index contributed by atoms with van der Waals surface area (Å²) in [7, 11) is 0. The number of nitriles is 1. The normalized spacial score (nSPS) is 11.6. The third-order valence-electron chi connectivity index (χ3n) is 5.68. The molecule has 0 saturated heterocycles. The molecule has 0 aliphatic heterocycles. The van der Waals surface area contributed by atoms with Gasteiger partial charge in [-0.05, 0) is 49.4 Å². The van der Waals surface area contributed by atoms with Crippen LogP contribution < -0.4 is 0 Å². The maximum Gasteiger partial charge on any atom is 0.101 e. The van der Waals surface area contributed by atoms with Gasteiger partial charge in [0.2, 0.25) is 0 Å². The molecule has 2 aromatic heterocycles. The average molecular weight is 388 g/mol. The summed E-state index contributed by atoms with van der Waals surface area (Å²) in [5.74, 6) is 0. The quantitative estimate of drug-likeness (QED) is 0.290. The SMILES string of the molecule is Cc1ccc2sc3ccc(-n4c5ccccc5c5cccc(C#N)c54)cc3c2c1. The molecule has 0 saturated carbocycles. The van der Waals surface area contributed by atoms with Crippen molar-refractivity contribution in [3.63, 3.8) is 0 Å². The molecule has 29 heavy (non-hydrogen) atoms. The van der Waals surface area contributed by atoms with E-state index in [0.717, 1.165) is 22.1 Å². The van der Waals surface area contributed by atoms with Gasteiger partial charge >= 0.3 is 0 Å². The Balaban J connectivity index is 1.78. The van der Waals surface area contributed by atoms with E-state index in [1.165, 1.54) is 31.1 Å². The van der Waals surface area contributed by atoms with E-state index in [9.17, 15) is 5.26 Å². The van der Waals surface area contributed by atoms with Crippen LogP contribution in [0.2, 0.25) is 0 Å². The van der Waals surface area contributed by atoms with Crippen molar-refractivity contribution in [2.24, 2.45) is 0 Å². The lowest BCUT2D eigenvalue weighted by Gasteiger charge is -2.09. The minimum Gasteiger partial charge on any atom is -0.308 e. The highest BCUT2D eigenvalue weighted by atomic mass is 32.1. The summed E-state index contributed by atoms with van der Waals surface area (Å²) >= 11 is 1.83. The molecule has 0 atom stereocenters. The van der Waals surface area contributed by atoms with Gasteiger partial charge in [-0.15, -0.1) is 11.3 Å². The van der Waals surface area contributed by atoms with Crippen LogP contribution in [0.1, 0.15) is 11.1 Å². The molecule has 0 bridgehead atoms. The van der Waals surface area contributed by atoms with Crippen molar-refractivity contribution >= 4 is 53.3 Å². The van der Waals surface area contributed by atoms with Crippen molar-refractivity contribution in [1.82, 2.24) is 4.57 Å². The second-order valence-corrected chi connectivity index (χ2v) is 8.53. The van der Waals surface area contributed by atoms with Gasteiger partial charge in [-0.2, -0.15) is 5.26 Å². The lowest BCUT2D eigenvalue weighted by molar-refractivity contribution is 1.18. The highest BCUT2D eigenvalue weighted by molar-refractivity contribution is 7.25. The molecule has 0 aliphatic carbocycles. The van der Waals surface area contributed by atoms with Gasteiger partial charge in [0.25, 0.3) is 0 Å². The molecule has 0 N–H and O–H groups in total. The number of hydrogen-bond donors (Lipinski definition) is 0. The average Bonchev–Trinajstić information content (AvgIpc) is 3.28. The minimum absolute atomic E-state index is 0.699. The molecule has 0 spiro atoms. The van der Waals surface area contributed by atoms with Crippen LogP contribution in [0.3, 0.4) is 0 Å². The van der Waals surface area contributed by atoms with Gasteiger partial charge in [-0.3, -0.25) is 0 Å². The number of rotatable bonds is 1. The first-order valence-corrected chi connectivity index (χ1v) is 10.4. The Kier molecular flexibility index (Phi) is 3.35. The highest BCUT2D eigenvalue weighted by Gasteiger charge is 2.16. The van der Waals surface area contributed by atoms with Gasteiger partial charge in [0.05, 0.1) is 16.6 Å². The summed E-state index contributed by atoms with van der Waals surface area (Å²) in [6.45, 7) is 2.14. The van der Waals surface area contributed by atoms with Crippen LogP contribution in [0.25, 0.3) is 47.7 Å². The number of thiophene rings is 1. The lowest BCUT2D eigenvalue weighted by Crippen LogP contribution is -1.95.